The number of nitrogens with two attached hydrogens (primary N) is 1. The predicted molar refractivity (Wildman–Crippen MR) is 131 cm³/mol. The van der Waals surface area contributed by atoms with Crippen LogP contribution in [0.5, 0.6) is 5.75 Å². The Kier molecular flexibility index (Phi) is 6.66. The molecule has 0 aliphatic carbocycles. The summed E-state index contributed by atoms with van der Waals surface area (Å²) in [5, 5.41) is 0.270. The van der Waals surface area contributed by atoms with Gasteiger partial charge in [-0.2, -0.15) is 0 Å². The standard InChI is InChI=1S/C25H23ClF2N2O3S/c1-15-6-8-19(12-22(15)28)34(31,32)30-14-18(13-29)33-24-9-7-17(11-23(24)30)10-16(2)25-20(26)4-3-5-21(25)27/h3-12,18H,13-14,29H2,1-2H3/b16-10+/t18-/m0/s1. The van der Waals surface area contributed by atoms with E-state index in [4.69, 9.17) is 22.1 Å². The molecule has 0 fully saturated rings. The molecule has 2 N–H and O–H groups in total. The second kappa shape index (κ2) is 9.37. The summed E-state index contributed by atoms with van der Waals surface area (Å²) in [4.78, 5) is -0.172. The quantitative estimate of drug-likeness (QED) is 0.472. The maximum atomic E-state index is 14.4. The third-order valence-electron chi connectivity index (χ3n) is 5.65. The summed E-state index contributed by atoms with van der Waals surface area (Å²) >= 11 is 6.18. The van der Waals surface area contributed by atoms with E-state index >= 15 is 0 Å². The van der Waals surface area contributed by atoms with Crippen molar-refractivity contribution in [3.8, 4) is 5.75 Å². The number of hydrogen-bond acceptors (Lipinski definition) is 4. The molecule has 0 saturated heterocycles. The maximum Gasteiger partial charge on any atom is 0.264 e. The number of sulfonamides is 1. The first-order chi connectivity index (χ1) is 16.1. The molecular formula is C25H23ClF2N2O3S. The van der Waals surface area contributed by atoms with Gasteiger partial charge in [-0.25, -0.2) is 17.2 Å². The Morgan fingerprint density at radius 2 is 1.94 bits per heavy atom. The summed E-state index contributed by atoms with van der Waals surface area (Å²) in [6, 6.07) is 13.2. The number of nitrogens with zero attached hydrogens (tertiary/aromatic N) is 1. The Bertz CT molecular complexity index is 1370. The summed E-state index contributed by atoms with van der Waals surface area (Å²) in [6.45, 7) is 3.34. The van der Waals surface area contributed by atoms with E-state index < -0.39 is 27.8 Å². The smallest absolute Gasteiger partial charge is 0.264 e. The minimum absolute atomic E-state index is 0.0351. The Labute approximate surface area is 202 Å². The third kappa shape index (κ3) is 4.53. The van der Waals surface area contributed by atoms with Crippen molar-refractivity contribution in [2.45, 2.75) is 24.8 Å². The van der Waals surface area contributed by atoms with Gasteiger partial charge in [-0.05, 0) is 66.9 Å². The lowest BCUT2D eigenvalue weighted by atomic mass is 10.0. The van der Waals surface area contributed by atoms with E-state index in [0.717, 1.165) is 6.07 Å². The molecule has 1 aliphatic rings. The van der Waals surface area contributed by atoms with Crippen molar-refractivity contribution < 1.29 is 21.9 Å². The molecule has 178 valence electrons. The molecule has 0 saturated carbocycles. The van der Waals surface area contributed by atoms with Gasteiger partial charge in [0.15, 0.2) is 0 Å². The van der Waals surface area contributed by atoms with E-state index in [1.165, 1.54) is 28.6 Å². The zero-order valence-corrected chi connectivity index (χ0v) is 20.1. The number of allylic oxidation sites excluding steroid dienone is 1. The van der Waals surface area contributed by atoms with Gasteiger partial charge < -0.3 is 10.5 Å². The van der Waals surface area contributed by atoms with Crippen molar-refractivity contribution in [1.82, 2.24) is 0 Å². The zero-order valence-electron chi connectivity index (χ0n) is 18.6. The molecule has 3 aromatic rings. The third-order valence-corrected chi connectivity index (χ3v) is 7.74. The van der Waals surface area contributed by atoms with Crippen LogP contribution in [-0.4, -0.2) is 27.6 Å². The molecule has 0 bridgehead atoms. The summed E-state index contributed by atoms with van der Waals surface area (Å²) < 4.78 is 62.6. The highest BCUT2D eigenvalue weighted by Crippen LogP contribution is 2.39. The molecule has 0 amide bonds. The van der Waals surface area contributed by atoms with Crippen LogP contribution in [0.4, 0.5) is 14.5 Å². The van der Waals surface area contributed by atoms with E-state index in [1.54, 1.807) is 44.2 Å². The fourth-order valence-electron chi connectivity index (χ4n) is 3.83. The minimum atomic E-state index is -4.11. The molecule has 0 aromatic heterocycles. The highest BCUT2D eigenvalue weighted by atomic mass is 35.5. The fourth-order valence-corrected chi connectivity index (χ4v) is 5.65. The maximum absolute atomic E-state index is 14.4. The molecule has 4 rings (SSSR count). The van der Waals surface area contributed by atoms with Gasteiger partial charge in [0.2, 0.25) is 0 Å². The number of fused-ring (bicyclic) bond motifs is 1. The predicted octanol–water partition coefficient (Wildman–Crippen LogP) is 5.40. The SMILES string of the molecule is C/C(=C\c1ccc2c(c1)N(S(=O)(=O)c1ccc(C)c(F)c1)C[C@H](CN)O2)c1c(F)cccc1Cl. The largest absolute Gasteiger partial charge is 0.485 e. The number of halogens is 3. The number of aryl methyl sites for hydroxylation is 1. The van der Waals surface area contributed by atoms with E-state index in [2.05, 4.69) is 0 Å². The first-order valence-electron chi connectivity index (χ1n) is 10.5. The van der Waals surface area contributed by atoms with E-state index in [0.29, 0.717) is 22.4 Å². The number of rotatable bonds is 5. The normalized spacial score (nSPS) is 16.2. The molecule has 5 nitrogen and oxygen atoms in total. The Balaban J connectivity index is 1.80. The van der Waals surface area contributed by atoms with Crippen molar-refractivity contribution in [2.24, 2.45) is 5.73 Å². The molecule has 0 radical (unpaired) electrons. The van der Waals surface area contributed by atoms with Gasteiger partial charge in [0.25, 0.3) is 10.0 Å². The van der Waals surface area contributed by atoms with Crippen LogP contribution in [0, 0.1) is 18.6 Å². The van der Waals surface area contributed by atoms with Crippen LogP contribution in [0.3, 0.4) is 0 Å². The summed E-state index contributed by atoms with van der Waals surface area (Å²) in [5.41, 5.74) is 7.84. The van der Waals surface area contributed by atoms with Crippen molar-refractivity contribution >= 4 is 39.0 Å². The second-order valence-electron chi connectivity index (χ2n) is 8.07. The number of hydrogen-bond donors (Lipinski definition) is 1. The average Bonchev–Trinajstić information content (AvgIpc) is 2.79. The zero-order chi connectivity index (χ0) is 24.6. The first kappa shape index (κ1) is 24.2. The number of benzene rings is 3. The van der Waals surface area contributed by atoms with Gasteiger partial charge in [-0.1, -0.05) is 35.9 Å². The summed E-state index contributed by atoms with van der Waals surface area (Å²) in [7, 11) is -4.11. The monoisotopic (exact) mass is 504 g/mol. The Hall–Kier alpha value is -2.94. The van der Waals surface area contributed by atoms with Crippen molar-refractivity contribution in [1.29, 1.82) is 0 Å². The van der Waals surface area contributed by atoms with Gasteiger partial charge in [0, 0.05) is 12.1 Å². The first-order valence-corrected chi connectivity index (χ1v) is 12.4. The van der Waals surface area contributed by atoms with Crippen LogP contribution in [0.2, 0.25) is 5.02 Å². The second-order valence-corrected chi connectivity index (χ2v) is 10.3. The summed E-state index contributed by atoms with van der Waals surface area (Å²) in [6.07, 6.45) is 1.13. The molecule has 0 spiro atoms. The van der Waals surface area contributed by atoms with Crippen molar-refractivity contribution in [3.05, 3.63) is 87.9 Å². The molecule has 1 atom stereocenters. The molecule has 1 aliphatic heterocycles. The lowest BCUT2D eigenvalue weighted by molar-refractivity contribution is 0.208. The van der Waals surface area contributed by atoms with Crippen molar-refractivity contribution in [3.63, 3.8) is 0 Å². The van der Waals surface area contributed by atoms with Crippen LogP contribution in [-0.2, 0) is 10.0 Å². The average molecular weight is 505 g/mol. The molecule has 9 heteroatoms. The van der Waals surface area contributed by atoms with Gasteiger partial charge >= 0.3 is 0 Å². The molecule has 0 unspecified atom stereocenters. The molecule has 34 heavy (non-hydrogen) atoms. The van der Waals surface area contributed by atoms with E-state index in [9.17, 15) is 17.2 Å². The number of ether oxygens (including phenoxy) is 1. The summed E-state index contributed by atoms with van der Waals surface area (Å²) in [5.74, 6) is -0.741. The van der Waals surface area contributed by atoms with Gasteiger partial charge in [0.1, 0.15) is 23.5 Å². The van der Waals surface area contributed by atoms with Crippen molar-refractivity contribution in [2.75, 3.05) is 17.4 Å². The van der Waals surface area contributed by atoms with Crippen LogP contribution >= 0.6 is 11.6 Å². The Morgan fingerprint density at radius 3 is 2.62 bits per heavy atom. The highest BCUT2D eigenvalue weighted by Gasteiger charge is 2.34. The number of anilines is 1. The highest BCUT2D eigenvalue weighted by molar-refractivity contribution is 7.92. The lowest BCUT2D eigenvalue weighted by Crippen LogP contribution is -2.46. The van der Waals surface area contributed by atoms with E-state index in [1.807, 2.05) is 0 Å². The van der Waals surface area contributed by atoms with E-state index in [-0.39, 0.29) is 34.3 Å². The molecule has 3 aromatic carbocycles. The molecule has 1 heterocycles. The van der Waals surface area contributed by atoms with Gasteiger partial charge in [-0.15, -0.1) is 0 Å². The fraction of sp³-hybridized carbons (Fsp3) is 0.200. The van der Waals surface area contributed by atoms with Gasteiger partial charge in [-0.3, -0.25) is 4.31 Å². The van der Waals surface area contributed by atoms with Crippen LogP contribution < -0.4 is 14.8 Å². The molecular weight excluding hydrogens is 482 g/mol. The van der Waals surface area contributed by atoms with Crippen LogP contribution in [0.1, 0.15) is 23.6 Å². The van der Waals surface area contributed by atoms with Crippen LogP contribution in [0.15, 0.2) is 59.5 Å². The lowest BCUT2D eigenvalue weighted by Gasteiger charge is -2.35. The van der Waals surface area contributed by atoms with Crippen LogP contribution in [0.25, 0.3) is 11.6 Å². The minimum Gasteiger partial charge on any atom is -0.485 e. The topological polar surface area (TPSA) is 72.6 Å². The Morgan fingerprint density at radius 1 is 1.18 bits per heavy atom. The van der Waals surface area contributed by atoms with Gasteiger partial charge in [0.05, 0.1) is 22.2 Å².